The van der Waals surface area contributed by atoms with Gasteiger partial charge in [-0.3, -0.25) is 9.59 Å². The first kappa shape index (κ1) is 55.8. The molecule has 0 rings (SSSR count). The molecule has 0 bridgehead atoms. The second kappa shape index (κ2) is 41.5. The molecule has 8 heteroatoms. The average molecular weight is 827 g/mol. The van der Waals surface area contributed by atoms with E-state index in [1.54, 1.807) is 0 Å². The molecule has 59 heavy (non-hydrogen) atoms. The molecule has 0 aliphatic heterocycles. The second-order valence-corrected chi connectivity index (χ2v) is 16.7. The molecule has 8 nitrogen and oxygen atoms in total. The van der Waals surface area contributed by atoms with Crippen LogP contribution in [-0.4, -0.2) is 80.6 Å². The van der Waals surface area contributed by atoms with E-state index in [0.29, 0.717) is 19.3 Å². The van der Waals surface area contributed by atoms with Gasteiger partial charge in [0.05, 0.1) is 34.4 Å². The van der Waals surface area contributed by atoms with E-state index in [1.165, 1.54) is 64.2 Å². The Morgan fingerprint density at radius 2 is 1.02 bits per heavy atom. The number of quaternary nitrogens is 1. The number of allylic oxidation sites excluding steroid dienone is 12. The highest BCUT2D eigenvalue weighted by molar-refractivity contribution is 5.72. The lowest BCUT2D eigenvalue weighted by molar-refractivity contribution is -0.887. The van der Waals surface area contributed by atoms with E-state index in [4.69, 9.17) is 14.2 Å². The van der Waals surface area contributed by atoms with Crippen LogP contribution in [0.5, 0.6) is 0 Å². The molecule has 0 saturated carbocycles. The molecule has 0 spiro atoms. The van der Waals surface area contributed by atoms with Gasteiger partial charge in [-0.15, -0.1) is 0 Å². The molecule has 1 N–H and O–H groups in total. The maximum Gasteiger partial charge on any atom is 0.362 e. The summed E-state index contributed by atoms with van der Waals surface area (Å²) in [6.07, 6.45) is 52.3. The lowest BCUT2D eigenvalue weighted by Gasteiger charge is -2.31. The topological polar surface area (TPSA) is 99.1 Å². The van der Waals surface area contributed by atoms with Crippen molar-refractivity contribution in [3.05, 3.63) is 72.9 Å². The molecule has 338 valence electrons. The van der Waals surface area contributed by atoms with Crippen LogP contribution in [0.2, 0.25) is 0 Å². The average Bonchev–Trinajstić information content (AvgIpc) is 3.19. The van der Waals surface area contributed by atoms with Crippen molar-refractivity contribution in [1.29, 1.82) is 0 Å². The maximum absolute atomic E-state index is 12.8. The zero-order chi connectivity index (χ0) is 43.5. The molecular weight excluding hydrogens is 739 g/mol. The molecule has 0 aromatic rings. The highest BCUT2D eigenvalue weighted by Crippen LogP contribution is 2.14. The van der Waals surface area contributed by atoms with Crippen LogP contribution in [0.4, 0.5) is 0 Å². The third-order valence-electron chi connectivity index (χ3n) is 10.2. The molecular formula is C51H88NO7+. The SMILES string of the molecule is CC/C=C/C=C/C=C/CCCCCCCC(=O)OCC(COCCC(C(=O)O)[N+](C)(C)C)OC(=O)CCCCCCCCCCC/C=C/C/C=C/C/C=C/CCCCC. The fourth-order valence-electron chi connectivity index (χ4n) is 6.51. The number of likely N-dealkylation sites (N-methyl/N-ethyl adjacent to an activating group) is 1. The third-order valence-corrected chi connectivity index (χ3v) is 10.2. The van der Waals surface area contributed by atoms with Gasteiger partial charge < -0.3 is 23.8 Å². The Bertz CT molecular complexity index is 1190. The summed E-state index contributed by atoms with van der Waals surface area (Å²) >= 11 is 0. The second-order valence-electron chi connectivity index (χ2n) is 16.7. The summed E-state index contributed by atoms with van der Waals surface area (Å²) in [6.45, 7) is 4.54. The number of hydrogen-bond donors (Lipinski definition) is 1. The number of carbonyl (C=O) groups excluding carboxylic acids is 2. The van der Waals surface area contributed by atoms with E-state index in [-0.39, 0.29) is 36.2 Å². The normalized spacial score (nSPS) is 13.6. The summed E-state index contributed by atoms with van der Waals surface area (Å²) in [5.41, 5.74) is 0. The predicted molar refractivity (Wildman–Crippen MR) is 247 cm³/mol. The molecule has 0 amide bonds. The van der Waals surface area contributed by atoms with E-state index in [0.717, 1.165) is 83.5 Å². The number of carbonyl (C=O) groups is 3. The number of esters is 2. The van der Waals surface area contributed by atoms with Gasteiger partial charge in [0, 0.05) is 19.3 Å². The van der Waals surface area contributed by atoms with Gasteiger partial charge in [0.25, 0.3) is 0 Å². The lowest BCUT2D eigenvalue weighted by atomic mass is 10.1. The smallest absolute Gasteiger partial charge is 0.362 e. The number of carboxylic acids is 1. The highest BCUT2D eigenvalue weighted by Gasteiger charge is 2.31. The molecule has 0 aliphatic rings. The van der Waals surface area contributed by atoms with Crippen molar-refractivity contribution in [3.8, 4) is 0 Å². The number of rotatable bonds is 41. The monoisotopic (exact) mass is 827 g/mol. The van der Waals surface area contributed by atoms with Crippen LogP contribution in [0.1, 0.15) is 181 Å². The maximum atomic E-state index is 12.8. The van der Waals surface area contributed by atoms with Crippen LogP contribution >= 0.6 is 0 Å². The van der Waals surface area contributed by atoms with Crippen LogP contribution in [0, 0.1) is 0 Å². The Labute approximate surface area is 361 Å². The number of ether oxygens (including phenoxy) is 3. The highest BCUT2D eigenvalue weighted by atomic mass is 16.6. The Morgan fingerprint density at radius 3 is 1.54 bits per heavy atom. The fourth-order valence-corrected chi connectivity index (χ4v) is 6.51. The minimum atomic E-state index is -0.882. The van der Waals surface area contributed by atoms with Crippen molar-refractivity contribution in [2.24, 2.45) is 0 Å². The van der Waals surface area contributed by atoms with Gasteiger partial charge in [-0.1, -0.05) is 164 Å². The molecule has 2 atom stereocenters. The first-order valence-corrected chi connectivity index (χ1v) is 23.5. The van der Waals surface area contributed by atoms with Gasteiger partial charge in [0.1, 0.15) is 6.61 Å². The van der Waals surface area contributed by atoms with Crippen molar-refractivity contribution < 1.29 is 38.2 Å². The quantitative estimate of drug-likeness (QED) is 0.0215. The number of unbranched alkanes of at least 4 members (excludes halogenated alkanes) is 17. The third kappa shape index (κ3) is 40.0. The lowest BCUT2D eigenvalue weighted by Crippen LogP contribution is -2.50. The van der Waals surface area contributed by atoms with Gasteiger partial charge in [-0.05, 0) is 70.6 Å². The Balaban J connectivity index is 4.30. The zero-order valence-corrected chi connectivity index (χ0v) is 38.4. The first-order valence-electron chi connectivity index (χ1n) is 23.5. The summed E-state index contributed by atoms with van der Waals surface area (Å²) in [6, 6.07) is -0.622. The number of nitrogens with zero attached hydrogens (tertiary/aromatic N) is 1. The summed E-state index contributed by atoms with van der Waals surface area (Å²) in [7, 11) is 5.51. The van der Waals surface area contributed by atoms with Gasteiger partial charge in [0.15, 0.2) is 12.1 Å². The van der Waals surface area contributed by atoms with Crippen molar-refractivity contribution in [2.45, 2.75) is 193 Å². The number of aliphatic carboxylic acids is 1. The van der Waals surface area contributed by atoms with Crippen LogP contribution in [0.15, 0.2) is 72.9 Å². The number of carboxylic acid groups (broad SMARTS) is 1. The molecule has 0 aromatic heterocycles. The van der Waals surface area contributed by atoms with Gasteiger partial charge in [0.2, 0.25) is 0 Å². The van der Waals surface area contributed by atoms with E-state index in [1.807, 2.05) is 27.2 Å². The van der Waals surface area contributed by atoms with Gasteiger partial charge in [-0.25, -0.2) is 4.79 Å². The summed E-state index contributed by atoms with van der Waals surface area (Å²) < 4.78 is 17.3. The van der Waals surface area contributed by atoms with E-state index < -0.39 is 18.1 Å². The van der Waals surface area contributed by atoms with Crippen LogP contribution in [0.25, 0.3) is 0 Å². The van der Waals surface area contributed by atoms with Crippen molar-refractivity contribution in [3.63, 3.8) is 0 Å². The van der Waals surface area contributed by atoms with Crippen molar-refractivity contribution in [2.75, 3.05) is 41.0 Å². The number of hydrogen-bond acceptors (Lipinski definition) is 6. The zero-order valence-electron chi connectivity index (χ0n) is 38.4. The molecule has 0 radical (unpaired) electrons. The molecule has 0 fully saturated rings. The predicted octanol–water partition coefficient (Wildman–Crippen LogP) is 13.1. The first-order chi connectivity index (χ1) is 28.6. The molecule has 2 unspecified atom stereocenters. The largest absolute Gasteiger partial charge is 0.477 e. The molecule has 0 heterocycles. The van der Waals surface area contributed by atoms with Crippen molar-refractivity contribution in [1.82, 2.24) is 0 Å². The molecule has 0 saturated heterocycles. The molecule has 0 aromatic carbocycles. The van der Waals surface area contributed by atoms with E-state index in [9.17, 15) is 19.5 Å². The molecule has 0 aliphatic carbocycles. The van der Waals surface area contributed by atoms with E-state index in [2.05, 4.69) is 80.7 Å². The Hall–Kier alpha value is -3.23. The summed E-state index contributed by atoms with van der Waals surface area (Å²) in [5, 5.41) is 9.63. The van der Waals surface area contributed by atoms with Gasteiger partial charge in [-0.2, -0.15) is 0 Å². The minimum Gasteiger partial charge on any atom is -0.477 e. The standard InChI is InChI=1S/C51H87NO7/c1-6-8-10-12-14-16-18-20-21-22-23-24-25-26-27-28-30-32-34-36-38-40-42-50(54)59-47(45-57-44-43-48(51(55)56)52(3,4)5)46-58-49(53)41-39-37-35-33-31-29-19-17-15-13-11-9-7-2/h9,11,13-17,19-21,23-24,47-48H,6-8,10,12,18,22,25-46H2,1-5H3/p+1/b11-9+,15-13+,16-14+,19-17+,21-20+,24-23+. The van der Waals surface area contributed by atoms with Crippen LogP contribution in [0.3, 0.4) is 0 Å². The van der Waals surface area contributed by atoms with Crippen LogP contribution in [-0.2, 0) is 28.6 Å². The summed E-state index contributed by atoms with van der Waals surface area (Å²) in [5.74, 6) is -1.51. The van der Waals surface area contributed by atoms with Gasteiger partial charge >= 0.3 is 17.9 Å². The van der Waals surface area contributed by atoms with Crippen molar-refractivity contribution >= 4 is 17.9 Å². The Kier molecular flexibility index (Phi) is 39.2. The van der Waals surface area contributed by atoms with E-state index >= 15 is 0 Å². The van der Waals surface area contributed by atoms with Crippen LogP contribution < -0.4 is 0 Å². The minimum absolute atomic E-state index is 0.0488. The fraction of sp³-hybridized carbons (Fsp3) is 0.706. The Morgan fingerprint density at radius 1 is 0.542 bits per heavy atom. The summed E-state index contributed by atoms with van der Waals surface area (Å²) in [4.78, 5) is 37.0.